The molecule has 2 heterocycles. The van der Waals surface area contributed by atoms with E-state index < -0.39 is 5.60 Å². The van der Waals surface area contributed by atoms with Crippen LogP contribution in [0.3, 0.4) is 0 Å². The third kappa shape index (κ3) is 5.13. The van der Waals surface area contributed by atoms with Gasteiger partial charge in [-0.2, -0.15) is 0 Å². The maximum Gasteiger partial charge on any atom is 0.317 e. The summed E-state index contributed by atoms with van der Waals surface area (Å²) in [6, 6.07) is 9.28. The van der Waals surface area contributed by atoms with Crippen molar-refractivity contribution in [2.45, 2.75) is 52.2 Å². The van der Waals surface area contributed by atoms with Crippen LogP contribution in [0.1, 0.15) is 38.1 Å². The lowest BCUT2D eigenvalue weighted by Gasteiger charge is -2.37. The van der Waals surface area contributed by atoms with Gasteiger partial charge >= 0.3 is 6.01 Å². The first-order valence-electron chi connectivity index (χ1n) is 9.46. The average molecular weight is 404 g/mol. The predicted octanol–water partition coefficient (Wildman–Crippen LogP) is 3.97. The normalized spacial score (nSPS) is 17.3. The van der Waals surface area contributed by atoms with Crippen LogP contribution in [0, 0.1) is 13.8 Å². The molecule has 7 heteroatoms. The van der Waals surface area contributed by atoms with Crippen molar-refractivity contribution in [1.82, 2.24) is 14.9 Å². The molecule has 6 nitrogen and oxygen atoms in total. The molecule has 0 aliphatic carbocycles. The van der Waals surface area contributed by atoms with Gasteiger partial charge in [0.1, 0.15) is 11.9 Å². The van der Waals surface area contributed by atoms with E-state index in [0.717, 1.165) is 24.2 Å². The fraction of sp³-hybridized carbons (Fsp3) is 0.476. The summed E-state index contributed by atoms with van der Waals surface area (Å²) < 4.78 is 11.9. The van der Waals surface area contributed by atoms with E-state index in [9.17, 15) is 4.79 Å². The highest BCUT2D eigenvalue weighted by Gasteiger charge is 2.37. The number of aromatic nitrogens is 2. The Morgan fingerprint density at radius 1 is 1.18 bits per heavy atom. The summed E-state index contributed by atoms with van der Waals surface area (Å²) in [5.41, 5.74) is 0.735. The van der Waals surface area contributed by atoms with Gasteiger partial charge in [-0.3, -0.25) is 4.79 Å². The minimum absolute atomic E-state index is 0.0721. The molecule has 0 spiro atoms. The van der Waals surface area contributed by atoms with Gasteiger partial charge in [0.2, 0.25) is 0 Å². The zero-order valence-corrected chi connectivity index (χ0v) is 17.5. The van der Waals surface area contributed by atoms with Crippen LogP contribution >= 0.6 is 11.6 Å². The van der Waals surface area contributed by atoms with Gasteiger partial charge in [0, 0.05) is 23.0 Å². The van der Waals surface area contributed by atoms with Crippen LogP contribution < -0.4 is 9.47 Å². The Bertz CT molecular complexity index is 819. The average Bonchev–Trinajstić information content (AvgIpc) is 2.62. The number of nitrogens with zero attached hydrogens (tertiary/aromatic N) is 3. The van der Waals surface area contributed by atoms with E-state index in [2.05, 4.69) is 9.97 Å². The first kappa shape index (κ1) is 20.4. The molecule has 3 rings (SSSR count). The van der Waals surface area contributed by atoms with Gasteiger partial charge < -0.3 is 14.4 Å². The molecule has 1 atom stereocenters. The van der Waals surface area contributed by atoms with E-state index in [1.54, 1.807) is 43.0 Å². The lowest BCUT2D eigenvalue weighted by Crippen LogP contribution is -2.53. The van der Waals surface area contributed by atoms with Crippen LogP contribution in [0.25, 0.3) is 0 Å². The first-order chi connectivity index (χ1) is 13.2. The second-order valence-corrected chi connectivity index (χ2v) is 8.07. The molecule has 1 aliphatic heterocycles. The summed E-state index contributed by atoms with van der Waals surface area (Å²) in [6.45, 7) is 8.55. The van der Waals surface area contributed by atoms with E-state index in [4.69, 9.17) is 21.1 Å². The number of ether oxygens (including phenoxy) is 2. The van der Waals surface area contributed by atoms with Crippen molar-refractivity contribution in [3.05, 3.63) is 46.7 Å². The Labute approximate surface area is 170 Å². The summed E-state index contributed by atoms with van der Waals surface area (Å²) in [5.74, 6) is 0.535. The Kier molecular flexibility index (Phi) is 6.08. The molecule has 0 saturated carbocycles. The van der Waals surface area contributed by atoms with Gasteiger partial charge in [-0.25, -0.2) is 9.97 Å². The minimum Gasteiger partial charge on any atom is -0.478 e. The lowest BCUT2D eigenvalue weighted by atomic mass is 10.0. The van der Waals surface area contributed by atoms with Crippen LogP contribution in [-0.2, 0) is 4.79 Å². The second-order valence-electron chi connectivity index (χ2n) is 7.63. The maximum absolute atomic E-state index is 13.1. The second kappa shape index (κ2) is 8.35. The number of likely N-dealkylation sites (tertiary alicyclic amines) is 1. The zero-order valence-electron chi connectivity index (χ0n) is 16.7. The molecule has 1 amide bonds. The van der Waals surface area contributed by atoms with Crippen molar-refractivity contribution in [2.75, 3.05) is 13.1 Å². The molecule has 0 unspecified atom stereocenters. The maximum atomic E-state index is 13.1. The van der Waals surface area contributed by atoms with Crippen LogP contribution in [0.2, 0.25) is 5.02 Å². The third-order valence-corrected chi connectivity index (χ3v) is 4.85. The van der Waals surface area contributed by atoms with Gasteiger partial charge in [-0.05, 0) is 70.9 Å². The predicted molar refractivity (Wildman–Crippen MR) is 108 cm³/mol. The van der Waals surface area contributed by atoms with Crippen molar-refractivity contribution in [3.8, 4) is 11.8 Å². The highest BCUT2D eigenvalue weighted by Crippen LogP contribution is 2.24. The molecule has 0 bridgehead atoms. The number of carbonyl (C=O) groups is 1. The summed E-state index contributed by atoms with van der Waals surface area (Å²) in [4.78, 5) is 23.6. The fourth-order valence-corrected chi connectivity index (χ4v) is 3.46. The molecule has 1 aromatic heterocycles. The van der Waals surface area contributed by atoms with Crippen LogP contribution in [0.4, 0.5) is 0 Å². The van der Waals surface area contributed by atoms with Crippen LogP contribution in [-0.4, -0.2) is 45.6 Å². The molecule has 0 radical (unpaired) electrons. The van der Waals surface area contributed by atoms with Crippen LogP contribution in [0.15, 0.2) is 30.3 Å². The molecule has 1 aromatic carbocycles. The number of halogens is 1. The van der Waals surface area contributed by atoms with Gasteiger partial charge in [-0.1, -0.05) is 11.6 Å². The number of benzene rings is 1. The number of carbonyl (C=O) groups excluding carboxylic acids is 1. The molecular formula is C21H26ClN3O3. The van der Waals surface area contributed by atoms with Gasteiger partial charge in [-0.15, -0.1) is 0 Å². The Morgan fingerprint density at radius 3 is 2.46 bits per heavy atom. The monoisotopic (exact) mass is 403 g/mol. The number of aryl methyl sites for hydroxylation is 2. The summed E-state index contributed by atoms with van der Waals surface area (Å²) >= 11 is 5.91. The van der Waals surface area contributed by atoms with Crippen molar-refractivity contribution in [2.24, 2.45) is 0 Å². The number of hydrogen-bond donors (Lipinski definition) is 0. The van der Waals surface area contributed by atoms with E-state index in [0.29, 0.717) is 29.9 Å². The van der Waals surface area contributed by atoms with Crippen molar-refractivity contribution >= 4 is 17.5 Å². The highest BCUT2D eigenvalue weighted by molar-refractivity contribution is 6.30. The van der Waals surface area contributed by atoms with E-state index in [1.807, 2.05) is 19.9 Å². The van der Waals surface area contributed by atoms with E-state index in [1.165, 1.54) is 0 Å². The van der Waals surface area contributed by atoms with Gasteiger partial charge in [0.05, 0.1) is 6.54 Å². The van der Waals surface area contributed by atoms with Gasteiger partial charge in [0.25, 0.3) is 5.91 Å². The minimum atomic E-state index is -0.994. The standard InChI is InChI=1S/C21H26ClN3O3/c1-14-12-15(2)24-20(23-14)27-18-6-5-11-25(13-18)19(26)21(3,4)28-17-9-7-16(22)8-10-17/h7-10,12,18H,5-6,11,13H2,1-4H3/t18-/m1/s1. The topological polar surface area (TPSA) is 64.5 Å². The summed E-state index contributed by atoms with van der Waals surface area (Å²) in [5, 5.41) is 0.626. The van der Waals surface area contributed by atoms with Crippen molar-refractivity contribution < 1.29 is 14.3 Å². The zero-order chi connectivity index (χ0) is 20.3. The number of amides is 1. The van der Waals surface area contributed by atoms with Gasteiger partial charge in [0.15, 0.2) is 5.60 Å². The van der Waals surface area contributed by atoms with E-state index >= 15 is 0 Å². The van der Waals surface area contributed by atoms with Crippen molar-refractivity contribution in [1.29, 1.82) is 0 Å². The Balaban J connectivity index is 1.65. The highest BCUT2D eigenvalue weighted by atomic mass is 35.5. The van der Waals surface area contributed by atoms with Crippen LogP contribution in [0.5, 0.6) is 11.8 Å². The molecule has 28 heavy (non-hydrogen) atoms. The molecule has 0 N–H and O–H groups in total. The Morgan fingerprint density at radius 2 is 1.82 bits per heavy atom. The molecule has 1 aliphatic rings. The number of rotatable bonds is 5. The molecular weight excluding hydrogens is 378 g/mol. The number of hydrogen-bond acceptors (Lipinski definition) is 5. The Hall–Kier alpha value is -2.34. The quantitative estimate of drug-likeness (QED) is 0.755. The third-order valence-electron chi connectivity index (χ3n) is 4.60. The van der Waals surface area contributed by atoms with Crippen molar-refractivity contribution in [3.63, 3.8) is 0 Å². The summed E-state index contributed by atoms with van der Waals surface area (Å²) in [7, 11) is 0. The SMILES string of the molecule is Cc1cc(C)nc(O[C@@H]2CCCN(C(=O)C(C)(C)Oc3ccc(Cl)cc3)C2)n1. The lowest BCUT2D eigenvalue weighted by molar-refractivity contribution is -0.148. The van der Waals surface area contributed by atoms with E-state index in [-0.39, 0.29) is 12.0 Å². The largest absolute Gasteiger partial charge is 0.478 e. The molecule has 1 saturated heterocycles. The molecule has 150 valence electrons. The first-order valence-corrected chi connectivity index (χ1v) is 9.83. The smallest absolute Gasteiger partial charge is 0.317 e. The summed E-state index contributed by atoms with van der Waals surface area (Å²) in [6.07, 6.45) is 1.59. The molecule has 2 aromatic rings. The fourth-order valence-electron chi connectivity index (χ4n) is 3.34. The molecule has 1 fully saturated rings. The number of piperidine rings is 1.